The van der Waals surface area contributed by atoms with Gasteiger partial charge in [-0.2, -0.15) is 9.42 Å². The zero-order chi connectivity index (χ0) is 20.8. The predicted molar refractivity (Wildman–Crippen MR) is 105 cm³/mol. The van der Waals surface area contributed by atoms with Gasteiger partial charge in [0.1, 0.15) is 6.61 Å². The topological polar surface area (TPSA) is 113 Å². The number of esters is 1. The first-order valence-electron chi connectivity index (χ1n) is 9.60. The summed E-state index contributed by atoms with van der Waals surface area (Å²) >= 11 is 0. The molecule has 0 saturated carbocycles. The van der Waals surface area contributed by atoms with Gasteiger partial charge in [0.25, 0.3) is 5.91 Å². The van der Waals surface area contributed by atoms with Crippen LogP contribution >= 0.6 is 8.09 Å². The summed E-state index contributed by atoms with van der Waals surface area (Å²) in [5.74, 6) is -0.779. The second-order valence-corrected chi connectivity index (χ2v) is 9.76. The quantitative estimate of drug-likeness (QED) is 0.356. The van der Waals surface area contributed by atoms with E-state index in [2.05, 4.69) is 32.0 Å². The fourth-order valence-electron chi connectivity index (χ4n) is 3.03. The molecule has 1 unspecified atom stereocenters. The summed E-state index contributed by atoms with van der Waals surface area (Å²) in [7, 11) is 0.0720. The van der Waals surface area contributed by atoms with Crippen molar-refractivity contribution >= 4 is 20.0 Å². The molecule has 0 aliphatic carbocycles. The minimum atomic E-state index is -3.33. The summed E-state index contributed by atoms with van der Waals surface area (Å²) in [6.07, 6.45) is -0.803. The van der Waals surface area contributed by atoms with Crippen LogP contribution in [0, 0.1) is 5.41 Å². The number of rotatable bonds is 8. The zero-order valence-electron chi connectivity index (χ0n) is 17.3. The molecule has 2 saturated heterocycles. The third kappa shape index (κ3) is 6.88. The second-order valence-electron chi connectivity index (χ2n) is 7.94. The Bertz CT molecular complexity index is 544. The Balaban J connectivity index is 1.83. The number of likely N-dealkylation sites (N-methyl/N-ethyl adjacent to an activating group) is 1. The molecule has 3 N–H and O–H groups in total. The van der Waals surface area contributed by atoms with E-state index in [4.69, 9.17) is 9.05 Å². The van der Waals surface area contributed by atoms with Gasteiger partial charge in [0.15, 0.2) is 6.10 Å². The first-order valence-corrected chi connectivity index (χ1v) is 11.2. The van der Waals surface area contributed by atoms with Crippen LogP contribution in [-0.2, 0) is 23.4 Å². The summed E-state index contributed by atoms with van der Waals surface area (Å²) in [5, 5.41) is 5.64. The number of carbonyl (C=O) groups excluding carboxylic acids is 2. The van der Waals surface area contributed by atoms with Crippen molar-refractivity contribution in [1.29, 1.82) is 0 Å². The predicted octanol–water partition coefficient (Wildman–Crippen LogP) is -0.386. The molecule has 2 fully saturated rings. The van der Waals surface area contributed by atoms with Crippen LogP contribution in [0.1, 0.15) is 20.3 Å². The summed E-state index contributed by atoms with van der Waals surface area (Å²) in [6.45, 7) is 9.29. The van der Waals surface area contributed by atoms with Gasteiger partial charge >= 0.3 is 14.1 Å². The molecule has 0 aromatic carbocycles. The van der Waals surface area contributed by atoms with E-state index in [1.165, 1.54) is 7.11 Å². The normalized spacial score (nSPS) is 28.7. The molecule has 0 radical (unpaired) electrons. The average Bonchev–Trinajstić information content (AvgIpc) is 2.65. The zero-order valence-corrected chi connectivity index (χ0v) is 18.2. The highest BCUT2D eigenvalue weighted by atomic mass is 31.2. The molecule has 0 aromatic rings. The third-order valence-corrected chi connectivity index (χ3v) is 6.60. The highest BCUT2D eigenvalue weighted by molar-refractivity contribution is 7.58. The van der Waals surface area contributed by atoms with Crippen LogP contribution < -0.4 is 10.4 Å². The van der Waals surface area contributed by atoms with E-state index >= 15 is 0 Å². The SMILES string of the molecule is COC(=O)CCNC(=O)[C@@H]1O[P+](O)(NCCN2CCN(C)CC2)OCC1(C)C. The van der Waals surface area contributed by atoms with Crippen LogP contribution in [-0.4, -0.2) is 99.3 Å². The van der Waals surface area contributed by atoms with Gasteiger partial charge in [-0.25, -0.2) is 0 Å². The van der Waals surface area contributed by atoms with E-state index in [0.29, 0.717) is 6.54 Å². The number of nitrogens with one attached hydrogen (secondary N) is 2. The van der Waals surface area contributed by atoms with E-state index in [1.54, 1.807) is 0 Å². The second kappa shape index (κ2) is 10.2. The fraction of sp³-hybridized carbons (Fsp3) is 0.882. The number of carbonyl (C=O) groups is 2. The highest BCUT2D eigenvalue weighted by Gasteiger charge is 2.57. The van der Waals surface area contributed by atoms with E-state index in [1.807, 2.05) is 13.8 Å². The molecule has 162 valence electrons. The van der Waals surface area contributed by atoms with E-state index in [-0.39, 0.29) is 25.5 Å². The number of hydrogen-bond acceptors (Lipinski definition) is 9. The van der Waals surface area contributed by atoms with Crippen molar-refractivity contribution in [2.24, 2.45) is 5.41 Å². The van der Waals surface area contributed by atoms with Gasteiger partial charge < -0.3 is 15.0 Å². The lowest BCUT2D eigenvalue weighted by atomic mass is 9.87. The minimum absolute atomic E-state index is 0.0779. The van der Waals surface area contributed by atoms with Gasteiger partial charge in [-0.15, -0.1) is 9.61 Å². The maximum atomic E-state index is 12.5. The molecule has 2 atom stereocenters. The lowest BCUT2D eigenvalue weighted by Gasteiger charge is -2.37. The maximum absolute atomic E-state index is 12.5. The minimum Gasteiger partial charge on any atom is -0.469 e. The average molecular weight is 421 g/mol. The molecule has 2 aliphatic rings. The molecule has 2 aliphatic heterocycles. The van der Waals surface area contributed by atoms with E-state index in [0.717, 1.165) is 32.7 Å². The molecule has 0 spiro atoms. The van der Waals surface area contributed by atoms with Crippen LogP contribution in [0.3, 0.4) is 0 Å². The summed E-state index contributed by atoms with van der Waals surface area (Å²) in [5.41, 5.74) is -0.610. The van der Waals surface area contributed by atoms with Gasteiger partial charge in [0.05, 0.1) is 20.1 Å². The number of amides is 1. The first kappa shape index (κ1) is 23.4. The summed E-state index contributed by atoms with van der Waals surface area (Å²) in [6, 6.07) is 0. The fourth-order valence-corrected chi connectivity index (χ4v) is 4.82. The molecular formula is C17H34N4O6P+. The van der Waals surface area contributed by atoms with Crippen LogP contribution in [0.2, 0.25) is 0 Å². The summed E-state index contributed by atoms with van der Waals surface area (Å²) in [4.78, 5) is 39.0. The molecule has 1 amide bonds. The van der Waals surface area contributed by atoms with Crippen LogP contribution in [0.25, 0.3) is 0 Å². The Morgan fingerprint density at radius 2 is 1.93 bits per heavy atom. The van der Waals surface area contributed by atoms with E-state index in [9.17, 15) is 14.5 Å². The van der Waals surface area contributed by atoms with Crippen LogP contribution in [0.15, 0.2) is 0 Å². The Hall–Kier alpha value is -0.870. The first-order chi connectivity index (χ1) is 13.1. The standard InChI is InChI=1S/C17H33N4O6P/c1-17(2)13-26-28(24,19-7-8-21-11-9-20(3)10-12-21)27-15(17)16(23)18-6-5-14(22)25-4/h15,19,24H,5-13H2,1-4H3/p+1/t15-,28?/m0/s1. The molecule has 28 heavy (non-hydrogen) atoms. The third-order valence-electron chi connectivity index (χ3n) is 5.00. The van der Waals surface area contributed by atoms with Gasteiger partial charge in [-0.1, -0.05) is 13.8 Å². The van der Waals surface area contributed by atoms with E-state index < -0.39 is 25.6 Å². The Kier molecular flexibility index (Phi) is 8.57. The largest absolute Gasteiger partial charge is 0.499 e. The summed E-state index contributed by atoms with van der Waals surface area (Å²) < 4.78 is 15.9. The van der Waals surface area contributed by atoms with Crippen molar-refractivity contribution in [3.63, 3.8) is 0 Å². The van der Waals surface area contributed by atoms with Crippen molar-refractivity contribution in [1.82, 2.24) is 20.2 Å². The van der Waals surface area contributed by atoms with Crippen LogP contribution in [0.5, 0.6) is 0 Å². The van der Waals surface area contributed by atoms with Gasteiger partial charge in [-0.05, 0) is 7.05 Å². The van der Waals surface area contributed by atoms with Crippen molar-refractivity contribution in [2.75, 3.05) is 66.6 Å². The lowest BCUT2D eigenvalue weighted by molar-refractivity contribution is -0.142. The molecule has 2 rings (SSSR count). The Morgan fingerprint density at radius 1 is 1.25 bits per heavy atom. The molecular weight excluding hydrogens is 387 g/mol. The monoisotopic (exact) mass is 421 g/mol. The smallest absolute Gasteiger partial charge is 0.469 e. The van der Waals surface area contributed by atoms with Crippen LogP contribution in [0.4, 0.5) is 0 Å². The van der Waals surface area contributed by atoms with Crippen molar-refractivity contribution in [3.05, 3.63) is 0 Å². The van der Waals surface area contributed by atoms with Crippen molar-refractivity contribution in [3.8, 4) is 0 Å². The van der Waals surface area contributed by atoms with Gasteiger partial charge in [-0.3, -0.25) is 14.5 Å². The maximum Gasteiger partial charge on any atom is 0.499 e. The molecule has 0 bridgehead atoms. The number of ether oxygens (including phenoxy) is 1. The molecule has 10 nitrogen and oxygen atoms in total. The number of piperazine rings is 1. The van der Waals surface area contributed by atoms with Crippen molar-refractivity contribution in [2.45, 2.75) is 26.4 Å². The Labute approximate surface area is 167 Å². The molecule has 11 heteroatoms. The van der Waals surface area contributed by atoms with Gasteiger partial charge in [0, 0.05) is 44.7 Å². The number of nitrogens with zero attached hydrogens (tertiary/aromatic N) is 2. The molecule has 0 aromatic heterocycles. The number of hydrogen-bond donors (Lipinski definition) is 3. The van der Waals surface area contributed by atoms with Gasteiger partial charge in [0.2, 0.25) is 0 Å². The van der Waals surface area contributed by atoms with Crippen molar-refractivity contribution < 1.29 is 28.3 Å². The number of methoxy groups -OCH3 is 1. The Morgan fingerprint density at radius 3 is 2.57 bits per heavy atom. The molecule has 2 heterocycles. The lowest BCUT2D eigenvalue weighted by Crippen LogP contribution is -2.52. The highest BCUT2D eigenvalue weighted by Crippen LogP contribution is 2.59.